The molecule has 0 fully saturated rings. The molecule has 25 heavy (non-hydrogen) atoms. The highest BCUT2D eigenvalue weighted by molar-refractivity contribution is 9.10. The van der Waals surface area contributed by atoms with E-state index in [0.29, 0.717) is 22.5 Å². The van der Waals surface area contributed by atoms with Crippen LogP contribution in [0.4, 0.5) is 16.2 Å². The SMILES string of the molecule is CC(C)N1C(=O)c2ccc(NC(=O)Nc3ccc(Br)cc3)cc2C1=O. The predicted octanol–water partition coefficient (Wildman–Crippen LogP) is 4.10. The van der Waals surface area contributed by atoms with Gasteiger partial charge in [-0.05, 0) is 56.3 Å². The summed E-state index contributed by atoms with van der Waals surface area (Å²) in [5.74, 6) is -0.646. The number of nitrogens with zero attached hydrogens (tertiary/aromatic N) is 1. The van der Waals surface area contributed by atoms with Gasteiger partial charge in [-0.25, -0.2) is 4.79 Å². The normalized spacial score (nSPS) is 13.2. The summed E-state index contributed by atoms with van der Waals surface area (Å²) in [6, 6.07) is 11.2. The highest BCUT2D eigenvalue weighted by Crippen LogP contribution is 2.27. The molecule has 1 aliphatic heterocycles. The Kier molecular flexibility index (Phi) is 4.59. The van der Waals surface area contributed by atoms with Crippen molar-refractivity contribution in [2.24, 2.45) is 0 Å². The van der Waals surface area contributed by atoms with Crippen molar-refractivity contribution >= 4 is 45.2 Å². The Balaban J connectivity index is 1.75. The fourth-order valence-corrected chi connectivity index (χ4v) is 2.90. The van der Waals surface area contributed by atoms with Crippen LogP contribution in [0.2, 0.25) is 0 Å². The minimum absolute atomic E-state index is 0.218. The highest BCUT2D eigenvalue weighted by atomic mass is 79.9. The monoisotopic (exact) mass is 401 g/mol. The van der Waals surface area contributed by atoms with E-state index in [1.165, 1.54) is 11.0 Å². The molecule has 0 spiro atoms. The van der Waals surface area contributed by atoms with E-state index in [1.54, 1.807) is 38.1 Å². The van der Waals surface area contributed by atoms with Crippen molar-refractivity contribution in [3.63, 3.8) is 0 Å². The number of anilines is 2. The van der Waals surface area contributed by atoms with E-state index in [1.807, 2.05) is 12.1 Å². The number of carbonyl (C=O) groups excluding carboxylic acids is 3. The lowest BCUT2D eigenvalue weighted by Crippen LogP contribution is -2.35. The zero-order valence-corrected chi connectivity index (χ0v) is 15.3. The molecule has 0 aliphatic carbocycles. The lowest BCUT2D eigenvalue weighted by Gasteiger charge is -2.17. The molecule has 1 heterocycles. The average molecular weight is 402 g/mol. The number of hydrogen-bond acceptors (Lipinski definition) is 3. The zero-order valence-electron chi connectivity index (χ0n) is 13.7. The molecule has 2 aromatic rings. The van der Waals surface area contributed by atoms with Crippen molar-refractivity contribution in [3.8, 4) is 0 Å². The molecule has 0 saturated heterocycles. The first kappa shape index (κ1) is 17.2. The number of nitrogens with one attached hydrogen (secondary N) is 2. The Labute approximate surface area is 153 Å². The molecular weight excluding hydrogens is 386 g/mol. The number of amides is 4. The maximum atomic E-state index is 12.4. The maximum absolute atomic E-state index is 12.4. The van der Waals surface area contributed by atoms with Crippen LogP contribution in [0.1, 0.15) is 34.6 Å². The topological polar surface area (TPSA) is 78.5 Å². The molecule has 4 amide bonds. The van der Waals surface area contributed by atoms with Crippen LogP contribution >= 0.6 is 15.9 Å². The number of benzene rings is 2. The molecule has 2 N–H and O–H groups in total. The van der Waals surface area contributed by atoms with Gasteiger partial charge in [0.15, 0.2) is 0 Å². The number of carbonyl (C=O) groups is 3. The highest BCUT2D eigenvalue weighted by Gasteiger charge is 2.37. The van der Waals surface area contributed by atoms with Gasteiger partial charge in [0.1, 0.15) is 0 Å². The minimum Gasteiger partial charge on any atom is -0.308 e. The average Bonchev–Trinajstić information content (AvgIpc) is 2.80. The summed E-state index contributed by atoms with van der Waals surface area (Å²) in [5.41, 5.74) is 1.75. The van der Waals surface area contributed by atoms with E-state index in [-0.39, 0.29) is 17.9 Å². The second-order valence-electron chi connectivity index (χ2n) is 5.92. The largest absolute Gasteiger partial charge is 0.323 e. The first-order valence-electron chi connectivity index (χ1n) is 7.72. The van der Waals surface area contributed by atoms with Gasteiger partial charge < -0.3 is 10.6 Å². The van der Waals surface area contributed by atoms with Gasteiger partial charge in [0.05, 0.1) is 11.1 Å². The molecule has 0 aromatic heterocycles. The van der Waals surface area contributed by atoms with Gasteiger partial charge in [-0.3, -0.25) is 14.5 Å². The van der Waals surface area contributed by atoms with Crippen molar-refractivity contribution in [1.82, 2.24) is 4.90 Å². The molecular formula is C18H16BrN3O3. The molecule has 0 atom stereocenters. The summed E-state index contributed by atoms with van der Waals surface area (Å²) in [6.07, 6.45) is 0. The number of fused-ring (bicyclic) bond motifs is 1. The minimum atomic E-state index is -0.431. The molecule has 2 aromatic carbocycles. The summed E-state index contributed by atoms with van der Waals surface area (Å²) in [6.45, 7) is 3.57. The van der Waals surface area contributed by atoms with E-state index in [2.05, 4.69) is 26.6 Å². The van der Waals surface area contributed by atoms with Gasteiger partial charge in [-0.15, -0.1) is 0 Å². The van der Waals surface area contributed by atoms with Crippen molar-refractivity contribution in [2.45, 2.75) is 19.9 Å². The third-order valence-corrected chi connectivity index (χ3v) is 4.32. The number of imide groups is 1. The molecule has 128 valence electrons. The van der Waals surface area contributed by atoms with Gasteiger partial charge in [-0.1, -0.05) is 15.9 Å². The summed E-state index contributed by atoms with van der Waals surface area (Å²) in [5, 5.41) is 5.37. The third-order valence-electron chi connectivity index (χ3n) is 3.79. The van der Waals surface area contributed by atoms with E-state index < -0.39 is 6.03 Å². The van der Waals surface area contributed by atoms with Crippen LogP contribution < -0.4 is 10.6 Å². The van der Waals surface area contributed by atoms with Gasteiger partial charge in [-0.2, -0.15) is 0 Å². The maximum Gasteiger partial charge on any atom is 0.323 e. The third kappa shape index (κ3) is 3.41. The summed E-state index contributed by atoms with van der Waals surface area (Å²) in [7, 11) is 0. The number of urea groups is 1. The van der Waals surface area contributed by atoms with Crippen molar-refractivity contribution in [1.29, 1.82) is 0 Å². The Morgan fingerprint density at radius 3 is 2.12 bits per heavy atom. The summed E-state index contributed by atoms with van der Waals surface area (Å²) in [4.78, 5) is 37.9. The lowest BCUT2D eigenvalue weighted by atomic mass is 10.1. The quantitative estimate of drug-likeness (QED) is 0.759. The zero-order chi connectivity index (χ0) is 18.1. The van der Waals surface area contributed by atoms with E-state index in [0.717, 1.165) is 4.47 Å². The molecule has 1 aliphatic rings. The second-order valence-corrected chi connectivity index (χ2v) is 6.84. The molecule has 7 heteroatoms. The van der Waals surface area contributed by atoms with E-state index >= 15 is 0 Å². The van der Waals surface area contributed by atoms with Crippen LogP contribution in [0.25, 0.3) is 0 Å². The van der Waals surface area contributed by atoms with Gasteiger partial charge in [0, 0.05) is 21.9 Å². The van der Waals surface area contributed by atoms with Crippen LogP contribution in [0, 0.1) is 0 Å². The van der Waals surface area contributed by atoms with Gasteiger partial charge in [0.25, 0.3) is 11.8 Å². The molecule has 0 unspecified atom stereocenters. The number of halogens is 1. The lowest BCUT2D eigenvalue weighted by molar-refractivity contribution is 0.0609. The Morgan fingerprint density at radius 1 is 0.920 bits per heavy atom. The number of rotatable bonds is 3. The number of hydrogen-bond donors (Lipinski definition) is 2. The van der Waals surface area contributed by atoms with E-state index in [4.69, 9.17) is 0 Å². The fourth-order valence-electron chi connectivity index (χ4n) is 2.63. The smallest absolute Gasteiger partial charge is 0.308 e. The molecule has 6 nitrogen and oxygen atoms in total. The van der Waals surface area contributed by atoms with Crippen molar-refractivity contribution < 1.29 is 14.4 Å². The van der Waals surface area contributed by atoms with Crippen LogP contribution in [0.5, 0.6) is 0 Å². The van der Waals surface area contributed by atoms with Crippen LogP contribution in [-0.2, 0) is 0 Å². The van der Waals surface area contributed by atoms with Crippen molar-refractivity contribution in [3.05, 3.63) is 58.1 Å². The van der Waals surface area contributed by atoms with Crippen molar-refractivity contribution in [2.75, 3.05) is 10.6 Å². The summed E-state index contributed by atoms with van der Waals surface area (Å²) >= 11 is 3.33. The van der Waals surface area contributed by atoms with Crippen LogP contribution in [-0.4, -0.2) is 28.8 Å². The van der Waals surface area contributed by atoms with Gasteiger partial charge >= 0.3 is 6.03 Å². The standard InChI is InChI=1S/C18H16BrN3O3/c1-10(2)22-16(23)14-8-7-13(9-15(14)17(22)24)21-18(25)20-12-5-3-11(19)4-6-12/h3-10H,1-2H3,(H2,20,21,25). The molecule has 0 saturated carbocycles. The summed E-state index contributed by atoms with van der Waals surface area (Å²) < 4.78 is 0.912. The molecule has 3 rings (SSSR count). The van der Waals surface area contributed by atoms with E-state index in [9.17, 15) is 14.4 Å². The van der Waals surface area contributed by atoms with Gasteiger partial charge in [0.2, 0.25) is 0 Å². The Morgan fingerprint density at radius 2 is 1.48 bits per heavy atom. The predicted molar refractivity (Wildman–Crippen MR) is 98.9 cm³/mol. The fraction of sp³-hybridized carbons (Fsp3) is 0.167. The molecule has 0 radical (unpaired) electrons. The Bertz CT molecular complexity index is 862. The Hall–Kier alpha value is -2.67. The first-order chi connectivity index (χ1) is 11.9. The van der Waals surface area contributed by atoms with Crippen LogP contribution in [0.3, 0.4) is 0 Å². The second kappa shape index (κ2) is 6.68. The first-order valence-corrected chi connectivity index (χ1v) is 8.51. The van der Waals surface area contributed by atoms with Crippen LogP contribution in [0.15, 0.2) is 46.9 Å². The molecule has 0 bridgehead atoms.